The first-order valence-corrected chi connectivity index (χ1v) is 7.58. The topological polar surface area (TPSA) is 49.4 Å². The normalized spacial score (nSPS) is 13.2. The summed E-state index contributed by atoms with van der Waals surface area (Å²) in [6.07, 6.45) is 4.13. The van der Waals surface area contributed by atoms with E-state index in [0.717, 1.165) is 23.2 Å². The zero-order valence-electron chi connectivity index (χ0n) is 13.0. The first-order valence-electron chi connectivity index (χ1n) is 7.58. The molecule has 0 saturated carbocycles. The highest BCUT2D eigenvalue weighted by Gasteiger charge is 2.22. The van der Waals surface area contributed by atoms with Crippen molar-refractivity contribution in [1.29, 1.82) is 0 Å². The summed E-state index contributed by atoms with van der Waals surface area (Å²) in [5.74, 6) is -0.169. The third kappa shape index (κ3) is 3.48. The summed E-state index contributed by atoms with van der Waals surface area (Å²) >= 11 is 0. The molecule has 0 aromatic heterocycles. The summed E-state index contributed by atoms with van der Waals surface area (Å²) in [6.45, 7) is 2.26. The Kier molecular flexibility index (Phi) is 4.24. The summed E-state index contributed by atoms with van der Waals surface area (Å²) in [5.41, 5.74) is 3.69. The number of anilines is 2. The Labute approximate surface area is 135 Å². The fourth-order valence-electron chi connectivity index (χ4n) is 2.70. The second-order valence-corrected chi connectivity index (χ2v) is 5.50. The molecule has 2 aromatic rings. The van der Waals surface area contributed by atoms with Crippen molar-refractivity contribution in [3.05, 3.63) is 65.7 Å². The van der Waals surface area contributed by atoms with Gasteiger partial charge in [0, 0.05) is 30.9 Å². The Morgan fingerprint density at radius 2 is 1.91 bits per heavy atom. The van der Waals surface area contributed by atoms with Crippen molar-refractivity contribution in [2.24, 2.45) is 0 Å². The van der Waals surface area contributed by atoms with E-state index >= 15 is 0 Å². The zero-order valence-corrected chi connectivity index (χ0v) is 13.0. The number of carbonyl (C=O) groups excluding carboxylic acids is 2. The van der Waals surface area contributed by atoms with E-state index in [-0.39, 0.29) is 11.8 Å². The molecule has 4 nitrogen and oxygen atoms in total. The van der Waals surface area contributed by atoms with Gasteiger partial charge >= 0.3 is 0 Å². The van der Waals surface area contributed by atoms with Gasteiger partial charge in [-0.05, 0) is 35.8 Å². The molecule has 1 heterocycles. The molecule has 0 bridgehead atoms. The molecule has 0 aliphatic carbocycles. The third-order valence-electron chi connectivity index (χ3n) is 3.86. The van der Waals surface area contributed by atoms with Crippen molar-refractivity contribution in [1.82, 2.24) is 0 Å². The van der Waals surface area contributed by atoms with Gasteiger partial charge < -0.3 is 10.2 Å². The minimum Gasteiger partial charge on any atom is -0.322 e. The van der Waals surface area contributed by atoms with Crippen molar-refractivity contribution in [3.8, 4) is 0 Å². The molecule has 0 unspecified atom stereocenters. The van der Waals surface area contributed by atoms with Crippen LogP contribution in [0.2, 0.25) is 0 Å². The molecule has 2 aromatic carbocycles. The van der Waals surface area contributed by atoms with Gasteiger partial charge in [-0.15, -0.1) is 0 Å². The van der Waals surface area contributed by atoms with Gasteiger partial charge in [-0.25, -0.2) is 0 Å². The Hall–Kier alpha value is -2.88. The van der Waals surface area contributed by atoms with E-state index in [1.807, 2.05) is 48.5 Å². The van der Waals surface area contributed by atoms with E-state index in [9.17, 15) is 9.59 Å². The van der Waals surface area contributed by atoms with Gasteiger partial charge in [-0.1, -0.05) is 36.4 Å². The second-order valence-electron chi connectivity index (χ2n) is 5.50. The van der Waals surface area contributed by atoms with E-state index in [1.54, 1.807) is 17.9 Å². The van der Waals surface area contributed by atoms with Gasteiger partial charge in [0.25, 0.3) is 0 Å². The van der Waals surface area contributed by atoms with Gasteiger partial charge in [0.15, 0.2) is 0 Å². The van der Waals surface area contributed by atoms with Gasteiger partial charge in [0.05, 0.1) is 0 Å². The number of carbonyl (C=O) groups is 2. The molecule has 3 rings (SSSR count). The summed E-state index contributed by atoms with van der Waals surface area (Å²) in [4.78, 5) is 25.4. The molecule has 1 aliphatic rings. The summed E-state index contributed by atoms with van der Waals surface area (Å²) in [6, 6.07) is 15.4. The first kappa shape index (κ1) is 15.0. The molecule has 2 amide bonds. The van der Waals surface area contributed by atoms with Gasteiger partial charge in [-0.2, -0.15) is 0 Å². The lowest BCUT2D eigenvalue weighted by atomic mass is 10.1. The van der Waals surface area contributed by atoms with Crippen LogP contribution in [0.3, 0.4) is 0 Å². The average Bonchev–Trinajstić information content (AvgIpc) is 2.97. The van der Waals surface area contributed by atoms with E-state index in [0.29, 0.717) is 12.2 Å². The summed E-state index contributed by atoms with van der Waals surface area (Å²) in [5, 5.41) is 2.84. The molecule has 4 heteroatoms. The lowest BCUT2D eigenvalue weighted by Crippen LogP contribution is -2.25. The number of amides is 2. The Morgan fingerprint density at radius 3 is 2.65 bits per heavy atom. The maximum atomic E-state index is 12.0. The molecule has 23 heavy (non-hydrogen) atoms. The minimum atomic E-state index is -0.193. The van der Waals surface area contributed by atoms with Crippen LogP contribution < -0.4 is 10.2 Å². The molecule has 1 aliphatic heterocycles. The van der Waals surface area contributed by atoms with Crippen LogP contribution in [0.5, 0.6) is 0 Å². The van der Waals surface area contributed by atoms with Gasteiger partial charge in [-0.3, -0.25) is 9.59 Å². The molecule has 0 radical (unpaired) electrons. The van der Waals surface area contributed by atoms with Crippen molar-refractivity contribution < 1.29 is 9.59 Å². The minimum absolute atomic E-state index is 0.0243. The molecule has 0 saturated heterocycles. The van der Waals surface area contributed by atoms with Crippen LogP contribution in [0.25, 0.3) is 6.08 Å². The molecule has 0 atom stereocenters. The van der Waals surface area contributed by atoms with Gasteiger partial charge in [0.2, 0.25) is 11.8 Å². The van der Waals surface area contributed by atoms with Crippen LogP contribution >= 0.6 is 0 Å². The van der Waals surface area contributed by atoms with Crippen LogP contribution in [-0.4, -0.2) is 18.4 Å². The van der Waals surface area contributed by atoms with E-state index in [1.165, 1.54) is 6.08 Å². The lowest BCUT2D eigenvalue weighted by molar-refractivity contribution is -0.116. The average molecular weight is 306 g/mol. The number of benzene rings is 2. The fourth-order valence-corrected chi connectivity index (χ4v) is 2.70. The SMILES string of the molecule is CC(=O)N1CCc2ccc(NC(=O)/C=C/c3ccccc3)cc21. The molecular weight excluding hydrogens is 288 g/mol. The Bertz CT molecular complexity index is 766. The fraction of sp³-hybridized carbons (Fsp3) is 0.158. The number of hydrogen-bond donors (Lipinski definition) is 1. The smallest absolute Gasteiger partial charge is 0.248 e. The highest BCUT2D eigenvalue weighted by molar-refractivity contribution is 6.03. The number of hydrogen-bond acceptors (Lipinski definition) is 2. The predicted octanol–water partition coefficient (Wildman–Crippen LogP) is 3.25. The molecule has 0 fully saturated rings. The predicted molar refractivity (Wildman–Crippen MR) is 92.3 cm³/mol. The van der Waals surface area contributed by atoms with Crippen molar-refractivity contribution >= 4 is 29.3 Å². The lowest BCUT2D eigenvalue weighted by Gasteiger charge is -2.15. The molecule has 116 valence electrons. The van der Waals surface area contributed by atoms with Crippen molar-refractivity contribution in [2.45, 2.75) is 13.3 Å². The highest BCUT2D eigenvalue weighted by Crippen LogP contribution is 2.30. The number of rotatable bonds is 3. The van der Waals surface area contributed by atoms with Crippen LogP contribution in [0, 0.1) is 0 Å². The molecule has 0 spiro atoms. The quantitative estimate of drug-likeness (QED) is 0.885. The van der Waals surface area contributed by atoms with E-state index < -0.39 is 0 Å². The second kappa shape index (κ2) is 6.48. The Morgan fingerprint density at radius 1 is 1.13 bits per heavy atom. The maximum absolute atomic E-state index is 12.0. The zero-order chi connectivity index (χ0) is 16.2. The van der Waals surface area contributed by atoms with E-state index in [4.69, 9.17) is 0 Å². The van der Waals surface area contributed by atoms with Crippen LogP contribution in [0.15, 0.2) is 54.6 Å². The molecule has 1 N–H and O–H groups in total. The van der Waals surface area contributed by atoms with Crippen LogP contribution in [0.1, 0.15) is 18.1 Å². The number of fused-ring (bicyclic) bond motifs is 1. The van der Waals surface area contributed by atoms with Gasteiger partial charge in [0.1, 0.15) is 0 Å². The monoisotopic (exact) mass is 306 g/mol. The van der Waals surface area contributed by atoms with E-state index in [2.05, 4.69) is 5.32 Å². The molecular formula is C19H18N2O2. The Balaban J connectivity index is 1.71. The third-order valence-corrected chi connectivity index (χ3v) is 3.86. The number of nitrogens with zero attached hydrogens (tertiary/aromatic N) is 1. The number of nitrogens with one attached hydrogen (secondary N) is 1. The summed E-state index contributed by atoms with van der Waals surface area (Å²) < 4.78 is 0. The standard InChI is InChI=1S/C19H18N2O2/c1-14(22)21-12-11-16-8-9-17(13-18(16)21)20-19(23)10-7-15-5-3-2-4-6-15/h2-10,13H,11-12H2,1H3,(H,20,23)/b10-7+. The maximum Gasteiger partial charge on any atom is 0.248 e. The summed E-state index contributed by atoms with van der Waals surface area (Å²) in [7, 11) is 0. The highest BCUT2D eigenvalue weighted by atomic mass is 16.2. The largest absolute Gasteiger partial charge is 0.322 e. The van der Waals surface area contributed by atoms with Crippen LogP contribution in [-0.2, 0) is 16.0 Å². The van der Waals surface area contributed by atoms with Crippen molar-refractivity contribution in [3.63, 3.8) is 0 Å². The first-order chi connectivity index (χ1) is 11.1. The van der Waals surface area contributed by atoms with Crippen LogP contribution in [0.4, 0.5) is 11.4 Å². The van der Waals surface area contributed by atoms with Crippen molar-refractivity contribution in [2.75, 3.05) is 16.8 Å².